The number of thioether (sulfide) groups is 1. The van der Waals surface area contributed by atoms with E-state index in [2.05, 4.69) is 20.8 Å². The number of hydrogen-bond acceptors (Lipinski definition) is 6. The van der Waals surface area contributed by atoms with Gasteiger partial charge in [0, 0.05) is 12.4 Å². The van der Waals surface area contributed by atoms with Crippen molar-refractivity contribution in [3.8, 4) is 0 Å². The number of aromatic nitrogens is 2. The highest BCUT2D eigenvalue weighted by Crippen LogP contribution is 2.09. The normalized spacial score (nSPS) is 11.8. The molecule has 1 aromatic heterocycles. The van der Waals surface area contributed by atoms with E-state index in [-0.39, 0.29) is 11.7 Å². The standard InChI is InChI=1S/C9H12N4O3S/c1-6(8(15)16)12-13-7(14)5-17-9-10-3-2-4-11-9/h2-4,6,12H,5H2,1H3,(H,13,14)(H,15,16)/t6-/m0/s1. The molecule has 7 nitrogen and oxygen atoms in total. The van der Waals surface area contributed by atoms with Gasteiger partial charge in [-0.05, 0) is 13.0 Å². The second-order valence-corrected chi connectivity index (χ2v) is 4.01. The molecule has 17 heavy (non-hydrogen) atoms. The Morgan fingerprint density at radius 2 is 2.12 bits per heavy atom. The van der Waals surface area contributed by atoms with Gasteiger partial charge in [-0.25, -0.2) is 15.4 Å². The Kier molecular flexibility index (Phi) is 5.37. The molecule has 8 heteroatoms. The Labute approximate surface area is 102 Å². The molecule has 1 rings (SSSR count). The minimum absolute atomic E-state index is 0.114. The molecular weight excluding hydrogens is 244 g/mol. The molecule has 0 unspecified atom stereocenters. The van der Waals surface area contributed by atoms with E-state index in [0.29, 0.717) is 5.16 Å². The van der Waals surface area contributed by atoms with Crippen molar-refractivity contribution in [2.45, 2.75) is 18.1 Å². The number of carboxylic acids is 1. The highest BCUT2D eigenvalue weighted by molar-refractivity contribution is 7.99. The van der Waals surface area contributed by atoms with Crippen LogP contribution in [-0.2, 0) is 9.59 Å². The molecule has 92 valence electrons. The van der Waals surface area contributed by atoms with Crippen LogP contribution in [0.25, 0.3) is 0 Å². The maximum absolute atomic E-state index is 11.3. The third-order valence-corrected chi connectivity index (χ3v) is 2.55. The van der Waals surface area contributed by atoms with Crippen LogP contribution in [0.15, 0.2) is 23.6 Å². The van der Waals surface area contributed by atoms with E-state index in [1.54, 1.807) is 18.5 Å². The molecule has 0 saturated carbocycles. The molecule has 0 aliphatic carbocycles. The van der Waals surface area contributed by atoms with Crippen LogP contribution >= 0.6 is 11.8 Å². The Balaban J connectivity index is 2.24. The number of aliphatic carboxylic acids is 1. The summed E-state index contributed by atoms with van der Waals surface area (Å²) >= 11 is 1.17. The molecule has 0 fully saturated rings. The monoisotopic (exact) mass is 256 g/mol. The Bertz CT molecular complexity index is 387. The average Bonchev–Trinajstić information content (AvgIpc) is 2.34. The van der Waals surface area contributed by atoms with Crippen molar-refractivity contribution in [2.24, 2.45) is 0 Å². The van der Waals surface area contributed by atoms with E-state index in [1.165, 1.54) is 18.7 Å². The largest absolute Gasteiger partial charge is 0.480 e. The van der Waals surface area contributed by atoms with E-state index in [1.807, 2.05) is 0 Å². The fourth-order valence-corrected chi connectivity index (χ4v) is 1.38. The summed E-state index contributed by atoms with van der Waals surface area (Å²) in [5.74, 6) is -1.26. The second-order valence-electron chi connectivity index (χ2n) is 3.07. The average molecular weight is 256 g/mol. The van der Waals surface area contributed by atoms with Crippen molar-refractivity contribution in [2.75, 3.05) is 5.75 Å². The Morgan fingerprint density at radius 1 is 1.47 bits per heavy atom. The molecule has 1 heterocycles. The predicted molar refractivity (Wildman–Crippen MR) is 61.1 cm³/mol. The van der Waals surface area contributed by atoms with Crippen molar-refractivity contribution in [3.63, 3.8) is 0 Å². The lowest BCUT2D eigenvalue weighted by Gasteiger charge is -2.09. The van der Waals surface area contributed by atoms with Crippen molar-refractivity contribution < 1.29 is 14.7 Å². The van der Waals surface area contributed by atoms with E-state index >= 15 is 0 Å². The van der Waals surface area contributed by atoms with Crippen molar-refractivity contribution >= 4 is 23.6 Å². The van der Waals surface area contributed by atoms with Gasteiger partial charge in [0.2, 0.25) is 5.91 Å². The van der Waals surface area contributed by atoms with Crippen molar-refractivity contribution in [3.05, 3.63) is 18.5 Å². The van der Waals surface area contributed by atoms with Crippen LogP contribution in [-0.4, -0.2) is 38.7 Å². The molecule has 0 aromatic carbocycles. The maximum Gasteiger partial charge on any atom is 0.322 e. The van der Waals surface area contributed by atoms with Crippen LogP contribution in [0.2, 0.25) is 0 Å². The number of carbonyl (C=O) groups excluding carboxylic acids is 1. The molecule has 0 saturated heterocycles. The molecule has 1 aromatic rings. The van der Waals surface area contributed by atoms with E-state index in [9.17, 15) is 9.59 Å². The number of nitrogens with zero attached hydrogens (tertiary/aromatic N) is 2. The zero-order valence-corrected chi connectivity index (χ0v) is 9.90. The van der Waals surface area contributed by atoms with Gasteiger partial charge in [0.05, 0.1) is 5.75 Å². The van der Waals surface area contributed by atoms with Gasteiger partial charge in [-0.1, -0.05) is 11.8 Å². The smallest absolute Gasteiger partial charge is 0.322 e. The topological polar surface area (TPSA) is 104 Å². The molecule has 0 radical (unpaired) electrons. The first-order chi connectivity index (χ1) is 8.09. The lowest BCUT2D eigenvalue weighted by molar-refractivity contribution is -0.139. The molecular formula is C9H12N4O3S. The first-order valence-electron chi connectivity index (χ1n) is 4.76. The number of carboxylic acid groups (broad SMARTS) is 1. The number of nitrogens with one attached hydrogen (secondary N) is 2. The third-order valence-electron chi connectivity index (χ3n) is 1.67. The SMILES string of the molecule is C[C@H](NNC(=O)CSc1ncccn1)C(=O)O. The molecule has 1 amide bonds. The fourth-order valence-electron chi connectivity index (χ4n) is 0.777. The fraction of sp³-hybridized carbons (Fsp3) is 0.333. The molecule has 0 aliphatic rings. The maximum atomic E-state index is 11.3. The van der Waals surface area contributed by atoms with Crippen LogP contribution < -0.4 is 10.9 Å². The summed E-state index contributed by atoms with van der Waals surface area (Å²) in [6, 6.07) is 0.845. The van der Waals surface area contributed by atoms with Crippen LogP contribution in [0.1, 0.15) is 6.92 Å². The quantitative estimate of drug-likeness (QED) is 0.363. The van der Waals surface area contributed by atoms with Gasteiger partial charge in [0.25, 0.3) is 0 Å². The summed E-state index contributed by atoms with van der Waals surface area (Å²) in [6.45, 7) is 1.43. The highest BCUT2D eigenvalue weighted by Gasteiger charge is 2.11. The van der Waals surface area contributed by atoms with Crippen LogP contribution in [0, 0.1) is 0 Å². The molecule has 3 N–H and O–H groups in total. The zero-order chi connectivity index (χ0) is 12.7. The number of hydrazine groups is 1. The number of rotatable bonds is 6. The van der Waals surface area contributed by atoms with Crippen molar-refractivity contribution in [1.82, 2.24) is 20.8 Å². The number of carbonyl (C=O) groups is 2. The lowest BCUT2D eigenvalue weighted by atomic mass is 10.4. The van der Waals surface area contributed by atoms with Crippen LogP contribution in [0.4, 0.5) is 0 Å². The lowest BCUT2D eigenvalue weighted by Crippen LogP contribution is -2.47. The zero-order valence-electron chi connectivity index (χ0n) is 9.08. The molecule has 1 atom stereocenters. The second kappa shape index (κ2) is 6.81. The molecule has 0 bridgehead atoms. The van der Waals surface area contributed by atoms with Gasteiger partial charge in [0.1, 0.15) is 6.04 Å². The molecule has 0 spiro atoms. The van der Waals surface area contributed by atoms with Gasteiger partial charge in [-0.3, -0.25) is 15.0 Å². The van der Waals surface area contributed by atoms with E-state index in [0.717, 1.165) is 0 Å². The summed E-state index contributed by atoms with van der Waals surface area (Å²) in [4.78, 5) is 29.6. The van der Waals surface area contributed by atoms with Gasteiger partial charge in [-0.2, -0.15) is 0 Å². The minimum Gasteiger partial charge on any atom is -0.480 e. The van der Waals surface area contributed by atoms with Crippen LogP contribution in [0.5, 0.6) is 0 Å². The molecule has 0 aliphatic heterocycles. The Hall–Kier alpha value is -1.67. The summed E-state index contributed by atoms with van der Waals surface area (Å²) in [5, 5.41) is 9.06. The van der Waals surface area contributed by atoms with Crippen molar-refractivity contribution in [1.29, 1.82) is 0 Å². The van der Waals surface area contributed by atoms with E-state index in [4.69, 9.17) is 5.11 Å². The minimum atomic E-state index is -1.04. The van der Waals surface area contributed by atoms with Gasteiger partial charge < -0.3 is 5.11 Å². The number of amides is 1. The third kappa shape index (κ3) is 5.27. The Morgan fingerprint density at radius 3 is 2.71 bits per heavy atom. The first-order valence-corrected chi connectivity index (χ1v) is 5.75. The predicted octanol–water partition coefficient (Wildman–Crippen LogP) is -0.337. The summed E-state index contributed by atoms with van der Waals surface area (Å²) in [7, 11) is 0. The van der Waals surface area contributed by atoms with E-state index < -0.39 is 12.0 Å². The van der Waals surface area contributed by atoms with Gasteiger partial charge in [0.15, 0.2) is 5.16 Å². The van der Waals surface area contributed by atoms with Gasteiger partial charge in [-0.15, -0.1) is 0 Å². The summed E-state index contributed by atoms with van der Waals surface area (Å²) < 4.78 is 0. The number of hydrogen-bond donors (Lipinski definition) is 3. The van der Waals surface area contributed by atoms with Gasteiger partial charge >= 0.3 is 5.97 Å². The summed E-state index contributed by atoms with van der Waals surface area (Å²) in [6.07, 6.45) is 3.16. The summed E-state index contributed by atoms with van der Waals surface area (Å²) in [5.41, 5.74) is 4.65. The highest BCUT2D eigenvalue weighted by atomic mass is 32.2. The first kappa shape index (κ1) is 13.4. The van der Waals surface area contributed by atoms with Crippen LogP contribution in [0.3, 0.4) is 0 Å².